The fraction of sp³-hybridized carbons (Fsp3) is 0.438. The van der Waals surface area contributed by atoms with Crippen LogP contribution in [0.4, 0.5) is 10.1 Å². The number of aromatic hydroxyl groups is 1. The van der Waals surface area contributed by atoms with Crippen LogP contribution < -0.4 is 19.7 Å². The van der Waals surface area contributed by atoms with E-state index in [1.165, 1.54) is 22.8 Å². The Kier molecular flexibility index (Phi) is 11.0. The fourth-order valence-corrected chi connectivity index (χ4v) is 5.36. The molecular weight excluding hydrogens is 511 g/mol. The topological polar surface area (TPSA) is 83.4 Å². The van der Waals surface area contributed by atoms with E-state index in [0.29, 0.717) is 38.6 Å². The average Bonchev–Trinajstić information content (AvgIpc) is 2.97. The van der Waals surface area contributed by atoms with Gasteiger partial charge in [-0.25, -0.2) is 4.39 Å². The van der Waals surface area contributed by atoms with Crippen LogP contribution in [-0.2, 0) is 24.1 Å². The minimum absolute atomic E-state index is 0.0372. The number of anilines is 1. The van der Waals surface area contributed by atoms with E-state index in [2.05, 4.69) is 16.3 Å². The van der Waals surface area contributed by atoms with Gasteiger partial charge in [-0.15, -0.1) is 0 Å². The highest BCUT2D eigenvalue weighted by atomic mass is 19.1. The van der Waals surface area contributed by atoms with Crippen LogP contribution in [-0.4, -0.2) is 63.9 Å². The highest BCUT2D eigenvalue weighted by Crippen LogP contribution is 2.40. The summed E-state index contributed by atoms with van der Waals surface area (Å²) in [4.78, 5) is 2.09. The SMILES string of the molecule is COCCCNCCOc1ccc(CN(CCO)c2cc(OC)ccc2C2CCc3cc(O)ccc3C2)cc1F. The van der Waals surface area contributed by atoms with Crippen molar-refractivity contribution in [3.63, 3.8) is 0 Å². The molecule has 0 heterocycles. The molecule has 1 aliphatic carbocycles. The van der Waals surface area contributed by atoms with Gasteiger partial charge in [0.2, 0.25) is 0 Å². The molecule has 0 amide bonds. The number of benzene rings is 3. The van der Waals surface area contributed by atoms with Crippen LogP contribution in [0.3, 0.4) is 0 Å². The maximum Gasteiger partial charge on any atom is 0.165 e. The standard InChI is InChI=1S/C32H41FN2O5/c1-38-16-3-12-34-13-17-40-32-11-4-23(18-30(32)33)22-35(14-15-36)31-21-28(39-2)9-10-29(31)26-6-5-25-20-27(37)8-7-24(25)19-26/h4,7-11,18,20-21,26,34,36-37H,3,5-6,12-17,19,22H2,1-2H3. The van der Waals surface area contributed by atoms with Crippen molar-refractivity contribution in [1.29, 1.82) is 0 Å². The number of hydrogen-bond donors (Lipinski definition) is 3. The van der Waals surface area contributed by atoms with E-state index in [9.17, 15) is 14.6 Å². The number of rotatable bonds is 15. The first-order valence-electron chi connectivity index (χ1n) is 14.0. The van der Waals surface area contributed by atoms with Crippen molar-refractivity contribution in [3.05, 3.63) is 82.7 Å². The molecular formula is C32H41FN2O5. The van der Waals surface area contributed by atoms with Gasteiger partial charge >= 0.3 is 0 Å². The Bertz CT molecular complexity index is 1240. The molecule has 0 aliphatic heterocycles. The molecule has 3 aromatic rings. The molecule has 0 bridgehead atoms. The monoisotopic (exact) mass is 552 g/mol. The fourth-order valence-electron chi connectivity index (χ4n) is 5.36. The summed E-state index contributed by atoms with van der Waals surface area (Å²) in [6, 6.07) is 16.8. The average molecular weight is 553 g/mol. The molecule has 0 saturated carbocycles. The molecule has 0 radical (unpaired) electrons. The molecule has 1 aliphatic rings. The van der Waals surface area contributed by atoms with Crippen molar-refractivity contribution >= 4 is 5.69 Å². The van der Waals surface area contributed by atoms with E-state index in [1.807, 2.05) is 30.3 Å². The van der Waals surface area contributed by atoms with Gasteiger partial charge < -0.3 is 34.6 Å². The Morgan fingerprint density at radius 1 is 1.00 bits per heavy atom. The number of aliphatic hydroxyl groups is 1. The van der Waals surface area contributed by atoms with Crippen LogP contribution >= 0.6 is 0 Å². The molecule has 1 unspecified atom stereocenters. The first-order valence-corrected chi connectivity index (χ1v) is 14.0. The summed E-state index contributed by atoms with van der Waals surface area (Å²) in [6.45, 7) is 3.31. The second-order valence-corrected chi connectivity index (χ2v) is 10.2. The lowest BCUT2D eigenvalue weighted by Gasteiger charge is -2.32. The summed E-state index contributed by atoms with van der Waals surface area (Å²) in [6.07, 6.45) is 3.61. The second-order valence-electron chi connectivity index (χ2n) is 10.2. The van der Waals surface area contributed by atoms with Crippen LogP contribution in [0.15, 0.2) is 54.6 Å². The second kappa shape index (κ2) is 14.9. The van der Waals surface area contributed by atoms with Gasteiger partial charge in [-0.3, -0.25) is 0 Å². The molecule has 3 N–H and O–H groups in total. The molecule has 4 rings (SSSR count). The quantitative estimate of drug-likeness (QED) is 0.233. The van der Waals surface area contributed by atoms with E-state index in [0.717, 1.165) is 49.2 Å². The lowest BCUT2D eigenvalue weighted by atomic mass is 9.79. The maximum atomic E-state index is 15.0. The lowest BCUT2D eigenvalue weighted by molar-refractivity contribution is 0.193. The summed E-state index contributed by atoms with van der Waals surface area (Å²) in [5, 5.41) is 23.1. The Morgan fingerprint density at radius 3 is 2.65 bits per heavy atom. The van der Waals surface area contributed by atoms with Gasteiger partial charge in [0, 0.05) is 45.1 Å². The summed E-state index contributed by atoms with van der Waals surface area (Å²) >= 11 is 0. The number of halogens is 1. The Morgan fingerprint density at radius 2 is 1.88 bits per heavy atom. The van der Waals surface area contributed by atoms with Gasteiger partial charge in [-0.2, -0.15) is 0 Å². The Balaban J connectivity index is 1.48. The highest BCUT2D eigenvalue weighted by molar-refractivity contribution is 5.60. The van der Waals surface area contributed by atoms with Crippen LogP contribution in [0.2, 0.25) is 0 Å². The van der Waals surface area contributed by atoms with Crippen LogP contribution in [0, 0.1) is 5.82 Å². The predicted molar refractivity (Wildman–Crippen MR) is 155 cm³/mol. The molecule has 8 heteroatoms. The number of aliphatic hydroxyl groups excluding tert-OH is 1. The minimum Gasteiger partial charge on any atom is -0.508 e. The van der Waals surface area contributed by atoms with Crippen molar-refractivity contribution in [1.82, 2.24) is 5.32 Å². The smallest absolute Gasteiger partial charge is 0.165 e. The van der Waals surface area contributed by atoms with Gasteiger partial charge in [0.15, 0.2) is 11.6 Å². The summed E-state index contributed by atoms with van der Waals surface area (Å²) < 4.78 is 31.2. The number of nitrogens with one attached hydrogen (secondary N) is 1. The first-order chi connectivity index (χ1) is 19.5. The van der Waals surface area contributed by atoms with Gasteiger partial charge in [-0.1, -0.05) is 18.2 Å². The number of hydrogen-bond acceptors (Lipinski definition) is 7. The Hall–Kier alpha value is -3.33. The molecule has 216 valence electrons. The van der Waals surface area contributed by atoms with Crippen molar-refractivity contribution < 1.29 is 28.8 Å². The van der Waals surface area contributed by atoms with Crippen LogP contribution in [0.1, 0.15) is 41.0 Å². The van der Waals surface area contributed by atoms with Crippen LogP contribution in [0.5, 0.6) is 17.2 Å². The number of nitrogens with zero attached hydrogens (tertiary/aromatic N) is 1. The van der Waals surface area contributed by atoms with E-state index in [4.69, 9.17) is 14.2 Å². The van der Waals surface area contributed by atoms with Gasteiger partial charge in [0.25, 0.3) is 0 Å². The van der Waals surface area contributed by atoms with Crippen molar-refractivity contribution in [2.75, 3.05) is 58.6 Å². The normalized spacial score (nSPS) is 14.6. The molecule has 0 fully saturated rings. The molecule has 40 heavy (non-hydrogen) atoms. The third-order valence-corrected chi connectivity index (χ3v) is 7.41. The molecule has 1 atom stereocenters. The van der Waals surface area contributed by atoms with Gasteiger partial charge in [0.05, 0.1) is 13.7 Å². The van der Waals surface area contributed by atoms with E-state index in [-0.39, 0.29) is 18.3 Å². The third-order valence-electron chi connectivity index (χ3n) is 7.41. The molecule has 0 spiro atoms. The lowest BCUT2D eigenvalue weighted by Crippen LogP contribution is -2.28. The highest BCUT2D eigenvalue weighted by Gasteiger charge is 2.25. The van der Waals surface area contributed by atoms with Crippen molar-refractivity contribution in [2.45, 2.75) is 38.1 Å². The molecule has 0 saturated heterocycles. The largest absolute Gasteiger partial charge is 0.508 e. The van der Waals surface area contributed by atoms with Gasteiger partial charge in [0.1, 0.15) is 18.1 Å². The number of aryl methyl sites for hydroxylation is 1. The van der Waals surface area contributed by atoms with Crippen LogP contribution in [0.25, 0.3) is 0 Å². The number of ether oxygens (including phenoxy) is 3. The predicted octanol–water partition coefficient (Wildman–Crippen LogP) is 4.82. The number of methoxy groups -OCH3 is 2. The van der Waals surface area contributed by atoms with Crippen molar-refractivity contribution in [3.8, 4) is 17.2 Å². The summed E-state index contributed by atoms with van der Waals surface area (Å²) in [5.41, 5.74) is 5.37. The molecule has 0 aromatic heterocycles. The van der Waals surface area contributed by atoms with Gasteiger partial charge in [-0.05, 0) is 90.7 Å². The van der Waals surface area contributed by atoms with E-state index in [1.54, 1.807) is 26.4 Å². The summed E-state index contributed by atoms with van der Waals surface area (Å²) in [5.74, 6) is 1.13. The summed E-state index contributed by atoms with van der Waals surface area (Å²) in [7, 11) is 3.32. The van der Waals surface area contributed by atoms with E-state index >= 15 is 0 Å². The molecule has 7 nitrogen and oxygen atoms in total. The minimum atomic E-state index is -0.404. The Labute approximate surface area is 236 Å². The third kappa shape index (κ3) is 7.87. The number of phenolic OH excluding ortho intramolecular Hbond substituents is 1. The zero-order chi connectivity index (χ0) is 28.3. The zero-order valence-electron chi connectivity index (χ0n) is 23.5. The zero-order valence-corrected chi connectivity index (χ0v) is 23.5. The van der Waals surface area contributed by atoms with E-state index < -0.39 is 5.82 Å². The first kappa shape index (κ1) is 29.6. The number of fused-ring (bicyclic) bond motifs is 1. The number of phenols is 1. The maximum absolute atomic E-state index is 15.0. The molecule has 3 aromatic carbocycles. The van der Waals surface area contributed by atoms with Crippen molar-refractivity contribution in [2.24, 2.45) is 0 Å².